The molecule has 1 amide bonds. The highest BCUT2D eigenvalue weighted by Crippen LogP contribution is 2.24. The number of hydrogen-bond acceptors (Lipinski definition) is 3. The van der Waals surface area contributed by atoms with Crippen LogP contribution in [0.25, 0.3) is 0 Å². The van der Waals surface area contributed by atoms with Crippen LogP contribution in [-0.4, -0.2) is 50.2 Å². The summed E-state index contributed by atoms with van der Waals surface area (Å²) in [6, 6.07) is 0.389. The van der Waals surface area contributed by atoms with Crippen LogP contribution < -0.4 is 5.32 Å². The van der Waals surface area contributed by atoms with Crippen molar-refractivity contribution in [3.05, 3.63) is 0 Å². The van der Waals surface area contributed by atoms with Gasteiger partial charge in [-0.15, -0.1) is 0 Å². The standard InChI is InChI=1S/C13H26N2O2/c1-9(2)6-12(13(16)15(3)4)14-10-7-11(8-10)17-5/h9-12,14H,6-8H2,1-5H3. The maximum atomic E-state index is 12.0. The number of nitrogens with zero attached hydrogens (tertiary/aromatic N) is 1. The molecule has 1 aliphatic rings. The molecule has 1 N–H and O–H groups in total. The second kappa shape index (κ2) is 6.36. The van der Waals surface area contributed by atoms with E-state index in [9.17, 15) is 4.79 Å². The number of carbonyl (C=O) groups is 1. The summed E-state index contributed by atoms with van der Waals surface area (Å²) in [5.74, 6) is 0.703. The van der Waals surface area contributed by atoms with Crippen molar-refractivity contribution in [1.29, 1.82) is 0 Å². The second-order valence-electron chi connectivity index (χ2n) is 5.61. The first-order chi connectivity index (χ1) is 7.93. The molecule has 0 radical (unpaired) electrons. The lowest BCUT2D eigenvalue weighted by atomic mass is 9.87. The van der Waals surface area contributed by atoms with Gasteiger partial charge in [-0.2, -0.15) is 0 Å². The summed E-state index contributed by atoms with van der Waals surface area (Å²) >= 11 is 0. The lowest BCUT2D eigenvalue weighted by Crippen LogP contribution is -2.54. The average Bonchev–Trinajstić information content (AvgIpc) is 2.19. The van der Waals surface area contributed by atoms with Crippen LogP contribution in [0, 0.1) is 5.92 Å². The summed E-state index contributed by atoms with van der Waals surface area (Å²) in [6.45, 7) is 4.30. The number of ether oxygens (including phenoxy) is 1. The molecule has 0 aromatic heterocycles. The molecular formula is C13H26N2O2. The first kappa shape index (κ1) is 14.5. The normalized spacial score (nSPS) is 25.5. The van der Waals surface area contributed by atoms with Crippen LogP contribution in [0.1, 0.15) is 33.1 Å². The van der Waals surface area contributed by atoms with Crippen LogP contribution in [0.5, 0.6) is 0 Å². The first-order valence-corrected chi connectivity index (χ1v) is 6.44. The van der Waals surface area contributed by atoms with Crippen molar-refractivity contribution in [3.8, 4) is 0 Å². The van der Waals surface area contributed by atoms with E-state index in [0.29, 0.717) is 18.1 Å². The van der Waals surface area contributed by atoms with Gasteiger partial charge in [0, 0.05) is 27.2 Å². The van der Waals surface area contributed by atoms with Crippen LogP contribution in [0.3, 0.4) is 0 Å². The largest absolute Gasteiger partial charge is 0.381 e. The molecule has 1 unspecified atom stereocenters. The topological polar surface area (TPSA) is 41.6 Å². The molecule has 0 spiro atoms. The van der Waals surface area contributed by atoms with Crippen molar-refractivity contribution in [3.63, 3.8) is 0 Å². The Balaban J connectivity index is 2.44. The Morgan fingerprint density at radius 3 is 2.41 bits per heavy atom. The van der Waals surface area contributed by atoms with E-state index >= 15 is 0 Å². The molecule has 1 saturated carbocycles. The van der Waals surface area contributed by atoms with Crippen molar-refractivity contribution >= 4 is 5.91 Å². The van der Waals surface area contributed by atoms with Crippen molar-refractivity contribution < 1.29 is 9.53 Å². The highest BCUT2D eigenvalue weighted by atomic mass is 16.5. The molecule has 0 bridgehead atoms. The van der Waals surface area contributed by atoms with E-state index in [1.807, 2.05) is 14.1 Å². The van der Waals surface area contributed by atoms with Gasteiger partial charge < -0.3 is 15.0 Å². The highest BCUT2D eigenvalue weighted by molar-refractivity contribution is 5.81. The Labute approximate surface area is 105 Å². The number of hydrogen-bond donors (Lipinski definition) is 1. The van der Waals surface area contributed by atoms with Gasteiger partial charge in [-0.1, -0.05) is 13.8 Å². The first-order valence-electron chi connectivity index (χ1n) is 6.44. The Bertz CT molecular complexity index is 248. The van der Waals surface area contributed by atoms with E-state index in [4.69, 9.17) is 4.74 Å². The van der Waals surface area contributed by atoms with Crippen molar-refractivity contribution in [2.45, 2.75) is 51.3 Å². The summed E-state index contributed by atoms with van der Waals surface area (Å²) < 4.78 is 5.25. The summed E-state index contributed by atoms with van der Waals surface area (Å²) in [6.07, 6.45) is 3.31. The third-order valence-electron chi connectivity index (χ3n) is 3.31. The molecule has 17 heavy (non-hydrogen) atoms. The number of carbonyl (C=O) groups excluding carboxylic acids is 1. The second-order valence-corrected chi connectivity index (χ2v) is 5.61. The maximum absolute atomic E-state index is 12.0. The van der Waals surface area contributed by atoms with E-state index in [2.05, 4.69) is 19.2 Å². The fourth-order valence-corrected chi connectivity index (χ4v) is 2.20. The zero-order valence-electron chi connectivity index (χ0n) is 11.7. The van der Waals surface area contributed by atoms with Gasteiger partial charge in [0.05, 0.1) is 12.1 Å². The zero-order valence-corrected chi connectivity index (χ0v) is 11.7. The summed E-state index contributed by atoms with van der Waals surface area (Å²) in [7, 11) is 5.38. The van der Waals surface area contributed by atoms with Crippen LogP contribution in [0.4, 0.5) is 0 Å². The molecule has 1 atom stereocenters. The fraction of sp³-hybridized carbons (Fsp3) is 0.923. The Kier molecular flexibility index (Phi) is 5.40. The molecule has 1 rings (SSSR count). The van der Waals surface area contributed by atoms with Crippen LogP contribution >= 0.6 is 0 Å². The molecule has 100 valence electrons. The minimum Gasteiger partial charge on any atom is -0.381 e. The van der Waals surface area contributed by atoms with Gasteiger partial charge in [0.2, 0.25) is 5.91 Å². The SMILES string of the molecule is COC1CC(NC(CC(C)C)C(=O)N(C)C)C1. The van der Waals surface area contributed by atoms with Gasteiger partial charge in [0.25, 0.3) is 0 Å². The number of nitrogens with one attached hydrogen (secondary N) is 1. The van der Waals surface area contributed by atoms with Crippen LogP contribution in [0.15, 0.2) is 0 Å². The van der Waals surface area contributed by atoms with Gasteiger partial charge in [0.15, 0.2) is 0 Å². The average molecular weight is 242 g/mol. The van der Waals surface area contributed by atoms with Crippen molar-refractivity contribution in [2.24, 2.45) is 5.92 Å². The van der Waals surface area contributed by atoms with E-state index in [0.717, 1.165) is 19.3 Å². The van der Waals surface area contributed by atoms with Gasteiger partial charge in [-0.05, 0) is 25.2 Å². The molecule has 1 fully saturated rings. The van der Waals surface area contributed by atoms with E-state index in [-0.39, 0.29) is 11.9 Å². The van der Waals surface area contributed by atoms with Gasteiger partial charge in [-0.25, -0.2) is 0 Å². The molecule has 1 aliphatic carbocycles. The lowest BCUT2D eigenvalue weighted by molar-refractivity contribution is -0.132. The minimum absolute atomic E-state index is 0.0483. The molecule has 0 saturated heterocycles. The maximum Gasteiger partial charge on any atom is 0.239 e. The molecule has 0 heterocycles. The van der Waals surface area contributed by atoms with Crippen molar-refractivity contribution in [2.75, 3.05) is 21.2 Å². The molecule has 4 heteroatoms. The molecule has 0 aliphatic heterocycles. The fourth-order valence-electron chi connectivity index (χ4n) is 2.20. The van der Waals surface area contributed by atoms with E-state index in [1.165, 1.54) is 0 Å². The summed E-state index contributed by atoms with van der Waals surface area (Å²) in [5.41, 5.74) is 0. The summed E-state index contributed by atoms with van der Waals surface area (Å²) in [4.78, 5) is 13.7. The van der Waals surface area contributed by atoms with Crippen molar-refractivity contribution in [1.82, 2.24) is 10.2 Å². The van der Waals surface area contributed by atoms with Gasteiger partial charge >= 0.3 is 0 Å². The Morgan fingerprint density at radius 1 is 1.41 bits per heavy atom. The van der Waals surface area contributed by atoms with E-state index < -0.39 is 0 Å². The van der Waals surface area contributed by atoms with Crippen LogP contribution in [0.2, 0.25) is 0 Å². The summed E-state index contributed by atoms with van der Waals surface area (Å²) in [5, 5.41) is 3.46. The number of amides is 1. The smallest absolute Gasteiger partial charge is 0.239 e. The zero-order chi connectivity index (χ0) is 13.0. The third kappa shape index (κ3) is 4.28. The number of likely N-dealkylation sites (N-methyl/N-ethyl adjacent to an activating group) is 1. The predicted octanol–water partition coefficient (Wildman–Crippen LogP) is 1.26. The quantitative estimate of drug-likeness (QED) is 0.762. The Hall–Kier alpha value is -0.610. The molecule has 0 aromatic carbocycles. The molecule has 4 nitrogen and oxygen atoms in total. The Morgan fingerprint density at radius 2 is 2.00 bits per heavy atom. The predicted molar refractivity (Wildman–Crippen MR) is 68.9 cm³/mol. The number of methoxy groups -OCH3 is 1. The lowest BCUT2D eigenvalue weighted by Gasteiger charge is -2.38. The van der Waals surface area contributed by atoms with E-state index in [1.54, 1.807) is 12.0 Å². The number of rotatable bonds is 6. The van der Waals surface area contributed by atoms with Gasteiger partial charge in [0.1, 0.15) is 0 Å². The molecular weight excluding hydrogens is 216 g/mol. The third-order valence-corrected chi connectivity index (χ3v) is 3.31. The van der Waals surface area contributed by atoms with Gasteiger partial charge in [-0.3, -0.25) is 4.79 Å². The van der Waals surface area contributed by atoms with Crippen LogP contribution in [-0.2, 0) is 9.53 Å². The molecule has 0 aromatic rings. The minimum atomic E-state index is -0.0483. The monoisotopic (exact) mass is 242 g/mol. The highest BCUT2D eigenvalue weighted by Gasteiger charge is 2.33.